The number of ether oxygens (including phenoxy) is 2. The predicted octanol–water partition coefficient (Wildman–Crippen LogP) is 1.95. The lowest BCUT2D eigenvalue weighted by Crippen LogP contribution is -2.45. The largest absolute Gasteiger partial charge is 0.495 e. The molecule has 0 unspecified atom stereocenters. The van der Waals surface area contributed by atoms with Crippen molar-refractivity contribution in [1.82, 2.24) is 10.6 Å². The van der Waals surface area contributed by atoms with Crippen molar-refractivity contribution in [1.29, 1.82) is 0 Å². The Morgan fingerprint density at radius 1 is 1.00 bits per heavy atom. The van der Waals surface area contributed by atoms with Crippen LogP contribution in [0, 0.1) is 0 Å². The lowest BCUT2D eigenvalue weighted by Gasteiger charge is -2.33. The minimum absolute atomic E-state index is 0.0959. The Bertz CT molecular complexity index is 1260. The first-order chi connectivity index (χ1) is 18.6. The molecule has 0 bridgehead atoms. The number of ketones is 1. The van der Waals surface area contributed by atoms with Gasteiger partial charge in [0.2, 0.25) is 5.78 Å². The van der Waals surface area contributed by atoms with Crippen LogP contribution >= 0.6 is 47.8 Å². The molecule has 0 radical (unpaired) electrons. The van der Waals surface area contributed by atoms with Gasteiger partial charge in [-0.3, -0.25) is 14.4 Å². The van der Waals surface area contributed by atoms with Gasteiger partial charge in [-0.15, -0.1) is 0 Å². The minimum atomic E-state index is -1.20. The molecule has 210 valence electrons. The van der Waals surface area contributed by atoms with Gasteiger partial charge in [-0.05, 0) is 79.2 Å². The number of epoxide rings is 1. The van der Waals surface area contributed by atoms with E-state index in [1.165, 1.54) is 7.11 Å². The van der Waals surface area contributed by atoms with E-state index in [4.69, 9.17) is 19.1 Å². The zero-order chi connectivity index (χ0) is 27.9. The number of aliphatic hydroxyl groups excluding tert-OH is 1. The van der Waals surface area contributed by atoms with E-state index in [0.717, 1.165) is 6.42 Å². The van der Waals surface area contributed by atoms with Gasteiger partial charge in [0.05, 0.1) is 20.6 Å². The van der Waals surface area contributed by atoms with Gasteiger partial charge >= 0.3 is 0 Å². The van der Waals surface area contributed by atoms with Crippen molar-refractivity contribution in [2.45, 2.75) is 61.6 Å². The van der Waals surface area contributed by atoms with Crippen molar-refractivity contribution in [3.05, 3.63) is 31.4 Å². The topological polar surface area (TPSA) is 160 Å². The van der Waals surface area contributed by atoms with Gasteiger partial charge in [0.25, 0.3) is 11.8 Å². The molecule has 3 aliphatic heterocycles. The summed E-state index contributed by atoms with van der Waals surface area (Å²) in [6.45, 7) is 0.858. The second-order valence-electron chi connectivity index (χ2n) is 9.70. The number of hydrogen-bond donors (Lipinski definition) is 3. The van der Waals surface area contributed by atoms with E-state index < -0.39 is 29.5 Å². The van der Waals surface area contributed by atoms with Crippen molar-refractivity contribution >= 4 is 76.8 Å². The molecule has 0 aromatic heterocycles. The number of Topliss-reactive ketones (excluding diaryl/α,β-unsaturated/α-hetero) is 1. The number of rotatable bonds is 9. The maximum Gasteiger partial charge on any atom is 0.269 e. The fraction of sp³-hybridized carbons (Fsp3) is 0.542. The Balaban J connectivity index is 0.982. The Morgan fingerprint density at radius 3 is 2.18 bits per heavy atom. The fourth-order valence-electron chi connectivity index (χ4n) is 4.86. The summed E-state index contributed by atoms with van der Waals surface area (Å²) in [6.07, 6.45) is 3.71. The zero-order valence-corrected chi connectivity index (χ0v) is 25.4. The van der Waals surface area contributed by atoms with Crippen LogP contribution in [-0.2, 0) is 33.5 Å². The quantitative estimate of drug-likeness (QED) is 0.239. The van der Waals surface area contributed by atoms with E-state index in [1.54, 1.807) is 12.2 Å². The van der Waals surface area contributed by atoms with Crippen LogP contribution in [0.1, 0.15) is 32.1 Å². The summed E-state index contributed by atoms with van der Waals surface area (Å²) in [6, 6.07) is 0. The summed E-state index contributed by atoms with van der Waals surface area (Å²) in [5, 5.41) is 24.2. The summed E-state index contributed by atoms with van der Waals surface area (Å²) >= 11 is 9.96. The molecule has 5 rings (SSSR count). The summed E-state index contributed by atoms with van der Waals surface area (Å²) in [4.78, 5) is 48.0. The third kappa shape index (κ3) is 5.35. The maximum atomic E-state index is 12.6. The number of carbonyl (C=O) groups is 3. The number of aliphatic hydroxyl groups is 1. The lowest BCUT2D eigenvalue weighted by molar-refractivity contribution is -0.116. The van der Waals surface area contributed by atoms with E-state index in [0.29, 0.717) is 45.1 Å². The first-order valence-corrected chi connectivity index (χ1v) is 14.6. The molecule has 3 heterocycles. The molecule has 0 aromatic rings. The summed E-state index contributed by atoms with van der Waals surface area (Å²) in [7, 11) is 1.49. The van der Waals surface area contributed by atoms with Crippen LogP contribution < -0.4 is 10.6 Å². The number of hydrogen-bond acceptors (Lipinski definition) is 10. The summed E-state index contributed by atoms with van der Waals surface area (Å²) in [5.41, 5.74) is -1.68. The summed E-state index contributed by atoms with van der Waals surface area (Å²) < 4.78 is 12.1. The number of amides is 2. The van der Waals surface area contributed by atoms with E-state index >= 15 is 0 Å². The SMILES string of the molecule is COC1=C(Br)[C@H](O)[C@@]2(C=C1Br)CC(C(=O)NCCCCCNC(=O)C1=NO[C@]3(C=C(Br)C(=O)[C@@H]4O[C@@H]43)C1)=NO2. The van der Waals surface area contributed by atoms with Crippen LogP contribution in [0.3, 0.4) is 0 Å². The number of halogens is 3. The van der Waals surface area contributed by atoms with Gasteiger partial charge in [-0.2, -0.15) is 0 Å². The average Bonchev–Trinajstić information content (AvgIpc) is 3.46. The molecule has 15 heteroatoms. The molecule has 0 aromatic carbocycles. The number of unbranched alkanes of at least 4 members (excludes halogenated alkanes) is 2. The molecule has 1 saturated heterocycles. The Morgan fingerprint density at radius 2 is 1.56 bits per heavy atom. The first-order valence-electron chi connectivity index (χ1n) is 12.3. The van der Waals surface area contributed by atoms with Crippen LogP contribution in [0.15, 0.2) is 41.7 Å². The first kappa shape index (κ1) is 28.5. The summed E-state index contributed by atoms with van der Waals surface area (Å²) in [5.74, 6) is -0.374. The highest BCUT2D eigenvalue weighted by atomic mass is 79.9. The molecule has 2 amide bonds. The Kier molecular flexibility index (Phi) is 8.08. The number of methoxy groups -OCH3 is 1. The van der Waals surface area contributed by atoms with E-state index in [-0.39, 0.29) is 41.9 Å². The van der Waals surface area contributed by atoms with Crippen LogP contribution in [0.5, 0.6) is 0 Å². The van der Waals surface area contributed by atoms with Crippen molar-refractivity contribution in [2.24, 2.45) is 10.3 Å². The molecular weight excluding hydrogens is 712 g/mol. The van der Waals surface area contributed by atoms with Crippen molar-refractivity contribution in [3.8, 4) is 0 Å². The Hall–Kier alpha value is -2.07. The third-order valence-electron chi connectivity index (χ3n) is 7.04. The molecule has 12 nitrogen and oxygen atoms in total. The van der Waals surface area contributed by atoms with Gasteiger partial charge in [0, 0.05) is 25.9 Å². The molecule has 5 atom stereocenters. The van der Waals surface area contributed by atoms with Crippen molar-refractivity contribution < 1.29 is 38.6 Å². The highest BCUT2D eigenvalue weighted by Gasteiger charge is 2.65. The highest BCUT2D eigenvalue weighted by molar-refractivity contribution is 9.12. The number of carbonyl (C=O) groups excluding carboxylic acids is 3. The molecular formula is C24H25Br3N4O8. The lowest BCUT2D eigenvalue weighted by atomic mass is 9.86. The van der Waals surface area contributed by atoms with Gasteiger partial charge in [0.15, 0.2) is 17.3 Å². The van der Waals surface area contributed by atoms with Crippen molar-refractivity contribution in [2.75, 3.05) is 20.2 Å². The number of allylic oxidation sites excluding steroid dienone is 1. The van der Waals surface area contributed by atoms with Crippen LogP contribution in [0.2, 0.25) is 0 Å². The molecule has 3 N–H and O–H groups in total. The van der Waals surface area contributed by atoms with Crippen LogP contribution in [0.25, 0.3) is 0 Å². The van der Waals surface area contributed by atoms with Crippen LogP contribution in [-0.4, -0.2) is 83.8 Å². The highest BCUT2D eigenvalue weighted by Crippen LogP contribution is 2.48. The van der Waals surface area contributed by atoms with Gasteiger partial charge in [-0.1, -0.05) is 10.3 Å². The average molecular weight is 737 g/mol. The molecule has 39 heavy (non-hydrogen) atoms. The molecule has 2 spiro atoms. The minimum Gasteiger partial charge on any atom is -0.495 e. The van der Waals surface area contributed by atoms with Crippen molar-refractivity contribution in [3.63, 3.8) is 0 Å². The Labute approximate surface area is 248 Å². The smallest absolute Gasteiger partial charge is 0.269 e. The van der Waals surface area contributed by atoms with Gasteiger partial charge in [0.1, 0.15) is 29.4 Å². The number of nitrogens with zero attached hydrogens (tertiary/aromatic N) is 2. The predicted molar refractivity (Wildman–Crippen MR) is 148 cm³/mol. The van der Waals surface area contributed by atoms with E-state index in [1.807, 2.05) is 0 Å². The van der Waals surface area contributed by atoms with Crippen LogP contribution in [0.4, 0.5) is 0 Å². The van der Waals surface area contributed by atoms with E-state index in [2.05, 4.69) is 68.7 Å². The molecule has 1 fully saturated rings. The van der Waals surface area contributed by atoms with Gasteiger partial charge in [-0.25, -0.2) is 0 Å². The number of fused-ring (bicyclic) bond motifs is 2. The van der Waals surface area contributed by atoms with Gasteiger partial charge < -0.3 is 34.9 Å². The second-order valence-corrected chi connectivity index (χ2v) is 12.3. The molecule has 5 aliphatic rings. The second kappa shape index (κ2) is 11.1. The monoisotopic (exact) mass is 734 g/mol. The van der Waals surface area contributed by atoms with E-state index in [9.17, 15) is 19.5 Å². The molecule has 0 saturated carbocycles. The normalized spacial score (nSPS) is 32.5. The third-order valence-corrected chi connectivity index (χ3v) is 9.04. The zero-order valence-electron chi connectivity index (χ0n) is 20.7. The standard InChI is InChI=1S/C24H25Br3N4O8/c1-36-17-12(26)8-23(19(33)15(17)27)9-13(30-38-23)21(34)28-5-3-2-4-6-29-22(35)14-10-24(39-31-14)7-11(25)16(32)18-20(24)37-18/h7-8,18-20,33H,2-6,9-10H2,1H3,(H,28,34)(H,29,35)/t18-,19-,20-,23+,24+/m0/s1. The fourth-order valence-corrected chi connectivity index (χ4v) is 7.26. The molecule has 2 aliphatic carbocycles. The maximum absolute atomic E-state index is 12.6. The number of oxime groups is 2. The number of nitrogens with one attached hydrogen (secondary N) is 2.